The number of hydrogen-bond donors (Lipinski definition) is 1. The normalized spacial score (nSPS) is 29.8. The fraction of sp³-hybridized carbons (Fsp3) is 0.938. The molecule has 4 heteroatoms. The monoisotopic (exact) mass is 281 g/mol. The van der Waals surface area contributed by atoms with Crippen LogP contribution >= 0.6 is 0 Å². The fourth-order valence-electron chi connectivity index (χ4n) is 4.01. The van der Waals surface area contributed by atoms with Gasteiger partial charge in [-0.1, -0.05) is 19.3 Å². The molecule has 1 atom stereocenters. The minimum absolute atomic E-state index is 0.0709. The van der Waals surface area contributed by atoms with Crippen molar-refractivity contribution in [1.82, 2.24) is 4.90 Å². The van der Waals surface area contributed by atoms with Crippen molar-refractivity contribution in [3.05, 3.63) is 0 Å². The lowest BCUT2D eigenvalue weighted by molar-refractivity contribution is -0.145. The minimum atomic E-state index is -0.685. The molecule has 1 unspecified atom stereocenters. The molecule has 2 saturated carbocycles. The van der Waals surface area contributed by atoms with E-state index < -0.39 is 5.97 Å². The van der Waals surface area contributed by atoms with Crippen LogP contribution in [0.15, 0.2) is 0 Å². The summed E-state index contributed by atoms with van der Waals surface area (Å²) in [6, 6.07) is 0.415. The van der Waals surface area contributed by atoms with Crippen LogP contribution < -0.4 is 0 Å². The first kappa shape index (κ1) is 14.3. The number of carboxylic acids is 1. The van der Waals surface area contributed by atoms with Crippen molar-refractivity contribution in [2.75, 3.05) is 19.7 Å². The number of aliphatic carboxylic acids is 1. The van der Waals surface area contributed by atoms with E-state index in [0.29, 0.717) is 6.04 Å². The van der Waals surface area contributed by atoms with Crippen LogP contribution in [0.1, 0.15) is 57.8 Å². The Bertz CT molecular complexity index is 342. The van der Waals surface area contributed by atoms with Crippen LogP contribution in [0.2, 0.25) is 0 Å². The first-order valence-electron chi connectivity index (χ1n) is 8.27. The van der Waals surface area contributed by atoms with Crippen molar-refractivity contribution in [3.8, 4) is 0 Å². The van der Waals surface area contributed by atoms with Crippen LogP contribution in [0, 0.1) is 5.92 Å². The number of carboxylic acid groups (broad SMARTS) is 1. The van der Waals surface area contributed by atoms with Gasteiger partial charge in [0.25, 0.3) is 0 Å². The van der Waals surface area contributed by atoms with Gasteiger partial charge in [-0.05, 0) is 44.4 Å². The van der Waals surface area contributed by atoms with Crippen LogP contribution in [-0.2, 0) is 9.53 Å². The molecule has 2 aliphatic carbocycles. The third-order valence-electron chi connectivity index (χ3n) is 5.28. The highest BCUT2D eigenvalue weighted by atomic mass is 16.5. The van der Waals surface area contributed by atoms with E-state index in [2.05, 4.69) is 4.90 Å². The van der Waals surface area contributed by atoms with E-state index in [-0.39, 0.29) is 12.1 Å². The molecule has 0 aromatic rings. The number of hydrogen-bond acceptors (Lipinski definition) is 3. The molecule has 3 aliphatic rings. The molecule has 4 nitrogen and oxygen atoms in total. The van der Waals surface area contributed by atoms with E-state index in [1.807, 2.05) is 0 Å². The second-order valence-electron chi connectivity index (χ2n) is 7.01. The number of rotatable bonds is 5. The zero-order valence-corrected chi connectivity index (χ0v) is 12.4. The van der Waals surface area contributed by atoms with E-state index in [4.69, 9.17) is 4.74 Å². The van der Waals surface area contributed by atoms with E-state index in [1.54, 1.807) is 0 Å². The highest BCUT2D eigenvalue weighted by molar-refractivity contribution is 5.69. The van der Waals surface area contributed by atoms with Crippen molar-refractivity contribution >= 4 is 5.97 Å². The van der Waals surface area contributed by atoms with Crippen molar-refractivity contribution in [2.24, 2.45) is 5.92 Å². The third-order valence-corrected chi connectivity index (χ3v) is 5.28. The summed E-state index contributed by atoms with van der Waals surface area (Å²) in [6.45, 7) is 2.00. The number of carbonyl (C=O) groups is 1. The molecule has 0 bridgehead atoms. The summed E-state index contributed by atoms with van der Waals surface area (Å²) in [5.74, 6) is 0.0642. The predicted octanol–water partition coefficient (Wildman–Crippen LogP) is 2.66. The van der Waals surface area contributed by atoms with Crippen molar-refractivity contribution < 1.29 is 14.6 Å². The summed E-state index contributed by atoms with van der Waals surface area (Å²) < 4.78 is 6.14. The average molecular weight is 281 g/mol. The SMILES string of the molecule is O=C(O)CN(CC1CC1)C1CCOC2(CCCCC2)C1. The minimum Gasteiger partial charge on any atom is -0.480 e. The molecule has 3 rings (SSSR count). The molecular formula is C16H27NO3. The molecule has 1 spiro atoms. The second kappa shape index (κ2) is 6.02. The molecule has 0 amide bonds. The Labute approximate surface area is 121 Å². The van der Waals surface area contributed by atoms with Gasteiger partial charge in [-0.3, -0.25) is 9.69 Å². The van der Waals surface area contributed by atoms with E-state index >= 15 is 0 Å². The van der Waals surface area contributed by atoms with Crippen molar-refractivity contribution in [1.29, 1.82) is 0 Å². The largest absolute Gasteiger partial charge is 0.480 e. The van der Waals surface area contributed by atoms with Gasteiger partial charge in [-0.25, -0.2) is 0 Å². The molecule has 0 radical (unpaired) electrons. The van der Waals surface area contributed by atoms with Crippen molar-refractivity contribution in [2.45, 2.75) is 69.4 Å². The van der Waals surface area contributed by atoms with Gasteiger partial charge in [-0.2, -0.15) is 0 Å². The molecule has 1 N–H and O–H groups in total. The molecule has 1 heterocycles. The second-order valence-corrected chi connectivity index (χ2v) is 7.01. The molecule has 0 aromatic carbocycles. The quantitative estimate of drug-likeness (QED) is 0.841. The molecule has 1 saturated heterocycles. The summed E-state index contributed by atoms with van der Waals surface area (Å²) >= 11 is 0. The lowest BCUT2D eigenvalue weighted by Crippen LogP contribution is -2.51. The van der Waals surface area contributed by atoms with E-state index in [9.17, 15) is 9.90 Å². The maximum atomic E-state index is 11.1. The third kappa shape index (κ3) is 3.53. The molecule has 3 fully saturated rings. The fourth-order valence-corrected chi connectivity index (χ4v) is 4.01. The number of ether oxygens (including phenoxy) is 1. The summed E-state index contributed by atoms with van der Waals surface area (Å²) in [7, 11) is 0. The lowest BCUT2D eigenvalue weighted by atomic mass is 9.78. The average Bonchev–Trinajstić information content (AvgIpc) is 3.22. The Hall–Kier alpha value is -0.610. The van der Waals surface area contributed by atoms with E-state index in [0.717, 1.165) is 31.9 Å². The first-order valence-corrected chi connectivity index (χ1v) is 8.27. The summed E-state index contributed by atoms with van der Waals surface area (Å²) in [4.78, 5) is 13.4. The van der Waals surface area contributed by atoms with Gasteiger partial charge >= 0.3 is 5.97 Å². The Morgan fingerprint density at radius 2 is 1.95 bits per heavy atom. The van der Waals surface area contributed by atoms with Gasteiger partial charge < -0.3 is 9.84 Å². The summed E-state index contributed by atoms with van der Waals surface area (Å²) in [5, 5.41) is 9.18. The summed E-state index contributed by atoms with van der Waals surface area (Å²) in [5.41, 5.74) is 0.0709. The molecule has 0 aromatic heterocycles. The lowest BCUT2D eigenvalue weighted by Gasteiger charge is -2.46. The Balaban J connectivity index is 1.64. The maximum Gasteiger partial charge on any atom is 0.317 e. The Morgan fingerprint density at radius 1 is 1.20 bits per heavy atom. The maximum absolute atomic E-state index is 11.1. The predicted molar refractivity (Wildman–Crippen MR) is 76.7 cm³/mol. The van der Waals surface area contributed by atoms with Gasteiger partial charge in [0.05, 0.1) is 12.1 Å². The van der Waals surface area contributed by atoms with E-state index in [1.165, 1.54) is 44.9 Å². The van der Waals surface area contributed by atoms with Gasteiger partial charge in [0, 0.05) is 19.2 Å². The van der Waals surface area contributed by atoms with Crippen LogP contribution in [0.4, 0.5) is 0 Å². The van der Waals surface area contributed by atoms with Crippen LogP contribution in [0.3, 0.4) is 0 Å². The Morgan fingerprint density at radius 3 is 2.60 bits per heavy atom. The van der Waals surface area contributed by atoms with Crippen LogP contribution in [0.5, 0.6) is 0 Å². The van der Waals surface area contributed by atoms with Gasteiger partial charge in [0.1, 0.15) is 0 Å². The van der Waals surface area contributed by atoms with Gasteiger partial charge in [-0.15, -0.1) is 0 Å². The first-order chi connectivity index (χ1) is 9.67. The topological polar surface area (TPSA) is 49.8 Å². The van der Waals surface area contributed by atoms with Crippen molar-refractivity contribution in [3.63, 3.8) is 0 Å². The zero-order valence-electron chi connectivity index (χ0n) is 12.4. The molecule has 20 heavy (non-hydrogen) atoms. The van der Waals surface area contributed by atoms with Crippen LogP contribution in [-0.4, -0.2) is 47.3 Å². The smallest absolute Gasteiger partial charge is 0.317 e. The highest BCUT2D eigenvalue weighted by Crippen LogP contribution is 2.40. The standard InChI is InChI=1S/C16H27NO3/c18-15(19)12-17(11-13-4-5-13)14-6-9-20-16(10-14)7-2-1-3-8-16/h13-14H,1-12H2,(H,18,19). The molecule has 114 valence electrons. The molecule has 1 aliphatic heterocycles. The van der Waals surface area contributed by atoms with Gasteiger partial charge in [0.2, 0.25) is 0 Å². The zero-order chi connectivity index (χ0) is 14.0. The molecular weight excluding hydrogens is 254 g/mol. The highest BCUT2D eigenvalue weighted by Gasteiger charge is 2.41. The van der Waals surface area contributed by atoms with Gasteiger partial charge in [0.15, 0.2) is 0 Å². The number of nitrogens with zero attached hydrogens (tertiary/aromatic N) is 1. The van der Waals surface area contributed by atoms with Crippen LogP contribution in [0.25, 0.3) is 0 Å². The Kier molecular flexibility index (Phi) is 4.32. The summed E-state index contributed by atoms with van der Waals surface area (Å²) in [6.07, 6.45) is 10.8.